The number of aryl methyl sites for hydroxylation is 2. The van der Waals surface area contributed by atoms with Gasteiger partial charge in [0.05, 0.1) is 12.2 Å². The Morgan fingerprint density at radius 3 is 2.67 bits per heavy atom. The fourth-order valence-corrected chi connectivity index (χ4v) is 2.29. The number of carbonyl (C=O) groups excluding carboxylic acids is 1. The molecule has 0 aliphatic carbocycles. The second-order valence-corrected chi connectivity index (χ2v) is 5.01. The Morgan fingerprint density at radius 1 is 1.24 bits per heavy atom. The molecule has 110 valence electrons. The lowest BCUT2D eigenvalue weighted by molar-refractivity contribution is 0.0995. The summed E-state index contributed by atoms with van der Waals surface area (Å²) in [5, 5.41) is 0. The molecule has 0 aliphatic heterocycles. The third kappa shape index (κ3) is 3.60. The summed E-state index contributed by atoms with van der Waals surface area (Å²) in [5.41, 5.74) is 7.94. The largest absolute Gasteiger partial charge is 0.493 e. The number of amides is 1. The first kappa shape index (κ1) is 15.0. The van der Waals surface area contributed by atoms with Crippen LogP contribution < -0.4 is 10.5 Å². The molecule has 0 bridgehead atoms. The maximum Gasteiger partial charge on any atom is 0.251 e. The number of primary amides is 1. The smallest absolute Gasteiger partial charge is 0.251 e. The van der Waals surface area contributed by atoms with E-state index in [-0.39, 0.29) is 5.56 Å². The first-order valence-corrected chi connectivity index (χ1v) is 6.76. The minimum Gasteiger partial charge on any atom is -0.493 e. The monoisotopic (exact) mass is 287 g/mol. The van der Waals surface area contributed by atoms with Crippen LogP contribution in [0.1, 0.15) is 27.0 Å². The highest BCUT2D eigenvalue weighted by Crippen LogP contribution is 2.20. The van der Waals surface area contributed by atoms with Gasteiger partial charge in [0.2, 0.25) is 0 Å². The average molecular weight is 287 g/mol. The number of halogens is 1. The van der Waals surface area contributed by atoms with Gasteiger partial charge >= 0.3 is 0 Å². The molecule has 0 saturated carbocycles. The Bertz CT molecular complexity index is 668. The zero-order chi connectivity index (χ0) is 15.4. The van der Waals surface area contributed by atoms with Gasteiger partial charge in [-0.15, -0.1) is 0 Å². The Hall–Kier alpha value is -2.36. The number of benzene rings is 2. The van der Waals surface area contributed by atoms with Crippen molar-refractivity contribution in [2.24, 2.45) is 5.73 Å². The molecule has 0 aromatic heterocycles. The van der Waals surface area contributed by atoms with E-state index in [0.29, 0.717) is 18.6 Å². The van der Waals surface area contributed by atoms with Gasteiger partial charge in [0.25, 0.3) is 5.91 Å². The number of hydrogen-bond acceptors (Lipinski definition) is 2. The van der Waals surface area contributed by atoms with Crippen molar-refractivity contribution in [3.8, 4) is 5.75 Å². The molecule has 4 heteroatoms. The first-order valence-electron chi connectivity index (χ1n) is 6.76. The van der Waals surface area contributed by atoms with Gasteiger partial charge in [0, 0.05) is 6.42 Å². The summed E-state index contributed by atoms with van der Waals surface area (Å²) in [4.78, 5) is 11.3. The van der Waals surface area contributed by atoms with Crippen molar-refractivity contribution in [3.05, 3.63) is 64.5 Å². The summed E-state index contributed by atoms with van der Waals surface area (Å²) in [6, 6.07) is 10.4. The SMILES string of the molecule is Cc1ccc(OCCc2cccc(F)c2C(N)=O)c(C)c1. The number of hydrogen-bond donors (Lipinski definition) is 1. The van der Waals surface area contributed by atoms with E-state index in [9.17, 15) is 9.18 Å². The molecule has 2 aromatic carbocycles. The molecule has 1 amide bonds. The van der Waals surface area contributed by atoms with Gasteiger partial charge in [-0.2, -0.15) is 0 Å². The van der Waals surface area contributed by atoms with Crippen LogP contribution in [-0.2, 0) is 6.42 Å². The van der Waals surface area contributed by atoms with E-state index in [1.807, 2.05) is 32.0 Å². The quantitative estimate of drug-likeness (QED) is 0.918. The molecule has 0 heterocycles. The van der Waals surface area contributed by atoms with E-state index in [1.165, 1.54) is 11.6 Å². The third-order valence-electron chi connectivity index (χ3n) is 3.31. The molecule has 0 spiro atoms. The molecule has 3 nitrogen and oxygen atoms in total. The standard InChI is InChI=1S/C17H18FNO2/c1-11-6-7-15(12(2)10-11)21-9-8-13-4-3-5-14(18)16(13)17(19)20/h3-7,10H,8-9H2,1-2H3,(H2,19,20). The van der Waals surface area contributed by atoms with Crippen LogP contribution in [0.2, 0.25) is 0 Å². The zero-order valence-corrected chi connectivity index (χ0v) is 12.2. The predicted molar refractivity (Wildman–Crippen MR) is 80.0 cm³/mol. The lowest BCUT2D eigenvalue weighted by Gasteiger charge is -2.11. The molecule has 0 saturated heterocycles. The summed E-state index contributed by atoms with van der Waals surface area (Å²) >= 11 is 0. The lowest BCUT2D eigenvalue weighted by Crippen LogP contribution is -2.17. The minimum atomic E-state index is -0.755. The molecule has 0 aliphatic rings. The zero-order valence-electron chi connectivity index (χ0n) is 12.2. The fourth-order valence-electron chi connectivity index (χ4n) is 2.29. The van der Waals surface area contributed by atoms with E-state index in [0.717, 1.165) is 11.3 Å². The van der Waals surface area contributed by atoms with Crippen LogP contribution in [0.15, 0.2) is 36.4 Å². The summed E-state index contributed by atoms with van der Waals surface area (Å²) in [6.45, 7) is 4.34. The van der Waals surface area contributed by atoms with Crippen molar-refractivity contribution in [2.45, 2.75) is 20.3 Å². The van der Waals surface area contributed by atoms with E-state index in [2.05, 4.69) is 0 Å². The van der Waals surface area contributed by atoms with Crippen LogP contribution in [0.4, 0.5) is 4.39 Å². The number of carbonyl (C=O) groups is 1. The van der Waals surface area contributed by atoms with Gasteiger partial charge in [0.1, 0.15) is 11.6 Å². The molecule has 2 aromatic rings. The van der Waals surface area contributed by atoms with Gasteiger partial charge in [-0.25, -0.2) is 4.39 Å². The number of ether oxygens (including phenoxy) is 1. The van der Waals surface area contributed by atoms with E-state index in [1.54, 1.807) is 12.1 Å². The van der Waals surface area contributed by atoms with E-state index < -0.39 is 11.7 Å². The predicted octanol–water partition coefficient (Wildman–Crippen LogP) is 3.16. The Labute approximate surface area is 123 Å². The van der Waals surface area contributed by atoms with Crippen LogP contribution in [-0.4, -0.2) is 12.5 Å². The highest BCUT2D eigenvalue weighted by atomic mass is 19.1. The number of rotatable bonds is 5. The topological polar surface area (TPSA) is 52.3 Å². The molecule has 2 N–H and O–H groups in total. The van der Waals surface area contributed by atoms with Crippen LogP contribution in [0, 0.1) is 19.7 Å². The van der Waals surface area contributed by atoms with Crippen LogP contribution in [0.5, 0.6) is 5.75 Å². The molecule has 0 fully saturated rings. The lowest BCUT2D eigenvalue weighted by atomic mass is 10.0. The fraction of sp³-hybridized carbons (Fsp3) is 0.235. The van der Waals surface area contributed by atoms with Crippen molar-refractivity contribution >= 4 is 5.91 Å². The summed E-state index contributed by atoms with van der Waals surface area (Å²) in [6.07, 6.45) is 0.420. The molecule has 0 radical (unpaired) electrons. The summed E-state index contributed by atoms with van der Waals surface area (Å²) in [5.74, 6) is -0.557. The highest BCUT2D eigenvalue weighted by Gasteiger charge is 2.13. The van der Waals surface area contributed by atoms with Gasteiger partial charge in [-0.3, -0.25) is 4.79 Å². The molecule has 0 unspecified atom stereocenters. The second kappa shape index (κ2) is 6.39. The normalized spacial score (nSPS) is 10.4. The minimum absolute atomic E-state index is 0.0540. The molecule has 2 rings (SSSR count). The van der Waals surface area contributed by atoms with Crippen molar-refractivity contribution in [2.75, 3.05) is 6.61 Å². The van der Waals surface area contributed by atoms with Crippen LogP contribution >= 0.6 is 0 Å². The Balaban J connectivity index is 2.07. The van der Waals surface area contributed by atoms with E-state index >= 15 is 0 Å². The molecule has 0 atom stereocenters. The van der Waals surface area contributed by atoms with Crippen LogP contribution in [0.25, 0.3) is 0 Å². The summed E-state index contributed by atoms with van der Waals surface area (Å²) in [7, 11) is 0. The third-order valence-corrected chi connectivity index (χ3v) is 3.31. The van der Waals surface area contributed by atoms with Gasteiger partial charge in [-0.1, -0.05) is 29.8 Å². The molecule has 21 heavy (non-hydrogen) atoms. The maximum absolute atomic E-state index is 13.6. The van der Waals surface area contributed by atoms with Crippen molar-refractivity contribution in [3.63, 3.8) is 0 Å². The first-order chi connectivity index (χ1) is 9.99. The Morgan fingerprint density at radius 2 is 2.00 bits per heavy atom. The van der Waals surface area contributed by atoms with Crippen molar-refractivity contribution in [1.29, 1.82) is 0 Å². The number of nitrogens with two attached hydrogens (primary N) is 1. The van der Waals surface area contributed by atoms with Gasteiger partial charge in [-0.05, 0) is 37.1 Å². The van der Waals surface area contributed by atoms with Crippen molar-refractivity contribution < 1.29 is 13.9 Å². The average Bonchev–Trinajstić information content (AvgIpc) is 2.41. The van der Waals surface area contributed by atoms with E-state index in [4.69, 9.17) is 10.5 Å². The van der Waals surface area contributed by atoms with Crippen molar-refractivity contribution in [1.82, 2.24) is 0 Å². The maximum atomic E-state index is 13.6. The highest BCUT2D eigenvalue weighted by molar-refractivity contribution is 5.94. The van der Waals surface area contributed by atoms with Gasteiger partial charge in [0.15, 0.2) is 0 Å². The molecular weight excluding hydrogens is 269 g/mol. The Kier molecular flexibility index (Phi) is 4.58. The second-order valence-electron chi connectivity index (χ2n) is 5.01. The summed E-state index contributed by atoms with van der Waals surface area (Å²) < 4.78 is 19.3. The van der Waals surface area contributed by atoms with Gasteiger partial charge < -0.3 is 10.5 Å². The molecular formula is C17H18FNO2. The van der Waals surface area contributed by atoms with Crippen LogP contribution in [0.3, 0.4) is 0 Å².